The van der Waals surface area contributed by atoms with E-state index in [0.29, 0.717) is 0 Å². The number of hydrogen-bond donors (Lipinski definition) is 0. The van der Waals surface area contributed by atoms with Crippen LogP contribution < -0.4 is 4.90 Å². The summed E-state index contributed by atoms with van der Waals surface area (Å²) in [5.41, 5.74) is 16.9. The van der Waals surface area contributed by atoms with Gasteiger partial charge in [-0.15, -0.1) is 11.3 Å². The maximum atomic E-state index is 6.47. The largest absolute Gasteiger partial charge is 0.455 e. The van der Waals surface area contributed by atoms with Gasteiger partial charge in [-0.2, -0.15) is 0 Å². The van der Waals surface area contributed by atoms with Crippen LogP contribution in [0.15, 0.2) is 253 Å². The highest BCUT2D eigenvalue weighted by atomic mass is 32.1. The Bertz CT molecular complexity index is 3930. The van der Waals surface area contributed by atoms with Crippen molar-refractivity contribution in [2.45, 2.75) is 0 Å². The van der Waals surface area contributed by atoms with E-state index in [4.69, 9.17) is 4.42 Å². The van der Waals surface area contributed by atoms with E-state index in [0.717, 1.165) is 50.1 Å². The Hall–Kier alpha value is -8.50. The van der Waals surface area contributed by atoms with Crippen molar-refractivity contribution < 1.29 is 4.42 Å². The summed E-state index contributed by atoms with van der Waals surface area (Å²) in [5, 5.41) is 7.39. The van der Waals surface area contributed by atoms with E-state index in [1.165, 1.54) is 75.5 Å². The number of anilines is 3. The first-order valence-corrected chi connectivity index (χ1v) is 23.6. The van der Waals surface area contributed by atoms with Gasteiger partial charge in [0, 0.05) is 59.0 Å². The van der Waals surface area contributed by atoms with Crippen molar-refractivity contribution in [2.75, 3.05) is 4.90 Å². The third-order valence-corrected chi connectivity index (χ3v) is 14.5. The van der Waals surface area contributed by atoms with Crippen LogP contribution in [0.2, 0.25) is 0 Å². The molecule has 0 unspecified atom stereocenters. The fourth-order valence-corrected chi connectivity index (χ4v) is 11.4. The number of rotatable bonds is 8. The zero-order chi connectivity index (χ0) is 44.3. The first-order chi connectivity index (χ1) is 33.2. The van der Waals surface area contributed by atoms with E-state index in [-0.39, 0.29) is 0 Å². The Kier molecular flexibility index (Phi) is 9.40. The predicted octanol–water partition coefficient (Wildman–Crippen LogP) is 18.9. The fourth-order valence-electron chi connectivity index (χ4n) is 10.1. The van der Waals surface area contributed by atoms with Gasteiger partial charge in [-0.05, 0) is 104 Å². The predicted molar refractivity (Wildman–Crippen MR) is 286 cm³/mol. The number of nitrogens with zero attached hydrogens (tertiary/aromatic N) is 1. The molecule has 0 bridgehead atoms. The average Bonchev–Trinajstić information content (AvgIpc) is 3.99. The number of hydrogen-bond acceptors (Lipinski definition) is 3. The molecule has 0 spiro atoms. The van der Waals surface area contributed by atoms with E-state index in [2.05, 4.69) is 241 Å². The van der Waals surface area contributed by atoms with Gasteiger partial charge in [0.05, 0.1) is 0 Å². The molecule has 0 fully saturated rings. The molecule has 314 valence electrons. The summed E-state index contributed by atoms with van der Waals surface area (Å²) in [7, 11) is 0. The van der Waals surface area contributed by atoms with E-state index < -0.39 is 0 Å². The van der Waals surface area contributed by atoms with Gasteiger partial charge in [0.2, 0.25) is 0 Å². The van der Waals surface area contributed by atoms with Crippen LogP contribution in [0.5, 0.6) is 0 Å². The highest BCUT2D eigenvalue weighted by Gasteiger charge is 2.22. The van der Waals surface area contributed by atoms with Gasteiger partial charge in [0.25, 0.3) is 0 Å². The first kappa shape index (κ1) is 38.9. The summed E-state index contributed by atoms with van der Waals surface area (Å²) >= 11 is 1.89. The van der Waals surface area contributed by atoms with Gasteiger partial charge < -0.3 is 9.32 Å². The summed E-state index contributed by atoms with van der Waals surface area (Å²) in [5.74, 6) is 0. The quantitative estimate of drug-likeness (QED) is 0.151. The van der Waals surface area contributed by atoms with Crippen LogP contribution in [0, 0.1) is 0 Å². The van der Waals surface area contributed by atoms with E-state index in [1.807, 2.05) is 23.5 Å². The molecule has 0 radical (unpaired) electrons. The van der Waals surface area contributed by atoms with Crippen molar-refractivity contribution in [3.63, 3.8) is 0 Å². The van der Waals surface area contributed by atoms with Crippen molar-refractivity contribution in [3.8, 4) is 55.6 Å². The zero-order valence-corrected chi connectivity index (χ0v) is 37.3. The highest BCUT2D eigenvalue weighted by molar-refractivity contribution is 7.26. The second kappa shape index (κ2) is 16.2. The van der Waals surface area contributed by atoms with E-state index >= 15 is 0 Å². The Morgan fingerprint density at radius 1 is 0.299 bits per heavy atom. The molecule has 0 N–H and O–H groups in total. The van der Waals surface area contributed by atoms with Gasteiger partial charge in [-0.1, -0.05) is 200 Å². The zero-order valence-electron chi connectivity index (χ0n) is 36.4. The molecule has 67 heavy (non-hydrogen) atoms. The second-order valence-corrected chi connectivity index (χ2v) is 18.2. The third kappa shape index (κ3) is 6.71. The molecular weight excluding hydrogens is 831 g/mol. The fraction of sp³-hybridized carbons (Fsp3) is 0. The lowest BCUT2D eigenvalue weighted by Gasteiger charge is -2.26. The van der Waals surface area contributed by atoms with Crippen molar-refractivity contribution in [1.82, 2.24) is 0 Å². The molecule has 0 aliphatic heterocycles. The Morgan fingerprint density at radius 3 is 1.39 bits per heavy atom. The molecule has 0 saturated heterocycles. The number of fused-ring (bicyclic) bond motifs is 8. The third-order valence-electron chi connectivity index (χ3n) is 13.3. The van der Waals surface area contributed by atoms with Gasteiger partial charge in [0.1, 0.15) is 11.2 Å². The molecule has 0 aliphatic carbocycles. The van der Waals surface area contributed by atoms with Crippen molar-refractivity contribution >= 4 is 81.3 Å². The van der Waals surface area contributed by atoms with Crippen LogP contribution >= 0.6 is 11.3 Å². The summed E-state index contributed by atoms with van der Waals surface area (Å²) in [6, 6.07) is 90.0. The molecule has 0 saturated carbocycles. The molecule has 0 aliphatic rings. The lowest BCUT2D eigenvalue weighted by atomic mass is 9.86. The Labute approximate surface area is 392 Å². The van der Waals surface area contributed by atoms with E-state index in [9.17, 15) is 0 Å². The van der Waals surface area contributed by atoms with Crippen LogP contribution in [0.4, 0.5) is 17.1 Å². The number of para-hydroxylation sites is 2. The van der Waals surface area contributed by atoms with E-state index in [1.54, 1.807) is 0 Å². The standard InChI is InChI=1S/C64H41NOS/c1-3-14-42(15-4-1)44-26-28-48(29-27-44)61-60(54-19-7-8-20-56(54)64-62(61)57-21-10-12-25-59(57)67-64)47-34-40-51(41-35-47)65(49-36-30-45(31-37-49)43-16-5-2-6-17-43)50-38-32-46(33-39-50)52-22-13-23-55-53-18-9-11-24-58(53)66-63(52)55/h1-41H. The van der Waals surface area contributed by atoms with Gasteiger partial charge in [-0.3, -0.25) is 0 Å². The molecule has 2 aromatic heterocycles. The van der Waals surface area contributed by atoms with Crippen LogP contribution in [0.1, 0.15) is 0 Å². The lowest BCUT2D eigenvalue weighted by molar-refractivity contribution is 0.670. The smallest absolute Gasteiger partial charge is 0.143 e. The Morgan fingerprint density at radius 2 is 0.746 bits per heavy atom. The molecule has 2 nitrogen and oxygen atoms in total. The van der Waals surface area contributed by atoms with Crippen molar-refractivity contribution in [3.05, 3.63) is 249 Å². The minimum atomic E-state index is 0.903. The summed E-state index contributed by atoms with van der Waals surface area (Å²) in [6.45, 7) is 0. The van der Waals surface area contributed by atoms with Crippen molar-refractivity contribution in [1.29, 1.82) is 0 Å². The molecule has 3 heteroatoms. The number of furan rings is 1. The van der Waals surface area contributed by atoms with Crippen molar-refractivity contribution in [2.24, 2.45) is 0 Å². The maximum absolute atomic E-state index is 6.47. The van der Waals surface area contributed by atoms with Crippen LogP contribution in [-0.4, -0.2) is 0 Å². The Balaban J connectivity index is 0.963. The number of benzene rings is 11. The summed E-state index contributed by atoms with van der Waals surface area (Å²) in [4.78, 5) is 2.36. The second-order valence-electron chi connectivity index (χ2n) is 17.2. The van der Waals surface area contributed by atoms with Crippen LogP contribution in [-0.2, 0) is 0 Å². The molecule has 2 heterocycles. The molecule has 13 aromatic rings. The monoisotopic (exact) mass is 871 g/mol. The summed E-state index contributed by atoms with van der Waals surface area (Å²) < 4.78 is 9.09. The van der Waals surface area contributed by atoms with Gasteiger partial charge in [-0.25, -0.2) is 0 Å². The molecule has 0 atom stereocenters. The van der Waals surface area contributed by atoms with Crippen LogP contribution in [0.3, 0.4) is 0 Å². The molecule has 11 aromatic carbocycles. The summed E-state index contributed by atoms with van der Waals surface area (Å²) in [6.07, 6.45) is 0. The molecule has 0 amide bonds. The number of thiophene rings is 1. The lowest BCUT2D eigenvalue weighted by Crippen LogP contribution is -2.09. The highest BCUT2D eigenvalue weighted by Crippen LogP contribution is 2.51. The maximum Gasteiger partial charge on any atom is 0.143 e. The minimum Gasteiger partial charge on any atom is -0.455 e. The topological polar surface area (TPSA) is 16.4 Å². The SMILES string of the molecule is c1ccc(-c2ccc(-c3c(-c4ccc(N(c5ccc(-c6ccccc6)cc5)c5ccc(-c6cccc7c6oc6ccccc67)cc5)cc4)c4ccccc4c4sc5ccccc5c34)cc2)cc1. The average molecular weight is 872 g/mol. The molecule has 13 rings (SSSR count). The minimum absolute atomic E-state index is 0.903. The van der Waals surface area contributed by atoms with Gasteiger partial charge in [0.15, 0.2) is 0 Å². The van der Waals surface area contributed by atoms with Gasteiger partial charge >= 0.3 is 0 Å². The molecular formula is C64H41NOS. The first-order valence-electron chi connectivity index (χ1n) is 22.8. The van der Waals surface area contributed by atoms with Crippen LogP contribution in [0.25, 0.3) is 109 Å². The normalized spacial score (nSPS) is 11.6.